The van der Waals surface area contributed by atoms with Crippen LogP contribution in [-0.4, -0.2) is 22.6 Å². The summed E-state index contributed by atoms with van der Waals surface area (Å²) >= 11 is 0. The summed E-state index contributed by atoms with van der Waals surface area (Å²) in [5.41, 5.74) is 4.30. The molecule has 1 fully saturated rings. The number of amides is 1. The molecule has 1 atom stereocenters. The molecule has 0 N–H and O–H groups in total. The summed E-state index contributed by atoms with van der Waals surface area (Å²) in [4.78, 5) is 18.6. The largest absolute Gasteiger partial charge is 0.339 e. The molecule has 138 valence electrons. The summed E-state index contributed by atoms with van der Waals surface area (Å²) < 4.78 is 19.3. The van der Waals surface area contributed by atoms with E-state index in [1.54, 1.807) is 24.0 Å². The number of rotatable bonds is 3. The molecule has 1 unspecified atom stereocenters. The van der Waals surface area contributed by atoms with Gasteiger partial charge in [-0.25, -0.2) is 4.39 Å². The number of aryl methyl sites for hydroxylation is 2. The zero-order chi connectivity index (χ0) is 19.1. The molecule has 0 radical (unpaired) electrons. The van der Waals surface area contributed by atoms with Crippen molar-refractivity contribution >= 4 is 11.6 Å². The summed E-state index contributed by atoms with van der Waals surface area (Å²) in [6.45, 7) is 6.16. The summed E-state index contributed by atoms with van der Waals surface area (Å²) in [7, 11) is 0. The number of anilines is 1. The second-order valence-corrected chi connectivity index (χ2v) is 7.04. The maximum atomic E-state index is 13.9. The minimum absolute atomic E-state index is 0.0698. The summed E-state index contributed by atoms with van der Waals surface area (Å²) in [5, 5.41) is 4.08. The van der Waals surface area contributed by atoms with Gasteiger partial charge in [-0.05, 0) is 50.1 Å². The quantitative estimate of drug-likeness (QED) is 0.693. The molecule has 2 aromatic carbocycles. The Morgan fingerprint density at radius 2 is 1.96 bits per heavy atom. The fraction of sp³-hybridized carbons (Fsp3) is 0.286. The van der Waals surface area contributed by atoms with Crippen LogP contribution in [0.2, 0.25) is 0 Å². The fourth-order valence-corrected chi connectivity index (χ4v) is 3.39. The zero-order valence-corrected chi connectivity index (χ0v) is 15.5. The van der Waals surface area contributed by atoms with Crippen LogP contribution < -0.4 is 4.90 Å². The fourth-order valence-electron chi connectivity index (χ4n) is 3.39. The molecule has 0 aliphatic carbocycles. The van der Waals surface area contributed by atoms with Gasteiger partial charge in [0.1, 0.15) is 5.82 Å². The van der Waals surface area contributed by atoms with Crippen LogP contribution in [0.1, 0.15) is 34.9 Å². The minimum Gasteiger partial charge on any atom is -0.339 e. The summed E-state index contributed by atoms with van der Waals surface area (Å²) in [6, 6.07) is 10.8. The first-order chi connectivity index (χ1) is 12.9. The van der Waals surface area contributed by atoms with Crippen LogP contribution in [0.5, 0.6) is 0 Å². The molecule has 0 bridgehead atoms. The first kappa shape index (κ1) is 17.4. The van der Waals surface area contributed by atoms with E-state index in [0.717, 1.165) is 11.1 Å². The summed E-state index contributed by atoms with van der Waals surface area (Å²) in [6.07, 6.45) is 0.268. The van der Waals surface area contributed by atoms with Crippen molar-refractivity contribution in [3.8, 4) is 11.4 Å². The average molecular weight is 365 g/mol. The lowest BCUT2D eigenvalue weighted by Gasteiger charge is -2.18. The van der Waals surface area contributed by atoms with Crippen molar-refractivity contribution in [2.45, 2.75) is 33.1 Å². The van der Waals surface area contributed by atoms with Crippen molar-refractivity contribution in [1.29, 1.82) is 0 Å². The first-order valence-corrected chi connectivity index (χ1v) is 8.90. The highest BCUT2D eigenvalue weighted by molar-refractivity contribution is 5.97. The highest BCUT2D eigenvalue weighted by Crippen LogP contribution is 2.34. The molecule has 1 amide bonds. The average Bonchev–Trinajstić information content (AvgIpc) is 3.27. The van der Waals surface area contributed by atoms with Crippen LogP contribution >= 0.6 is 0 Å². The second-order valence-electron chi connectivity index (χ2n) is 7.04. The standard InChI is InChI=1S/C21H20FN3O2/c1-12-7-8-15(9-13(12)2)20-23-21(27-24-20)16-10-19(26)25(11-16)18-6-4-5-17(22)14(18)3/h4-9,16H,10-11H2,1-3H3. The lowest BCUT2D eigenvalue weighted by molar-refractivity contribution is -0.117. The van der Waals surface area contributed by atoms with E-state index in [9.17, 15) is 9.18 Å². The lowest BCUT2D eigenvalue weighted by atomic mass is 10.1. The van der Waals surface area contributed by atoms with E-state index in [1.165, 1.54) is 11.6 Å². The van der Waals surface area contributed by atoms with E-state index in [4.69, 9.17) is 4.52 Å². The van der Waals surface area contributed by atoms with Gasteiger partial charge >= 0.3 is 0 Å². The van der Waals surface area contributed by atoms with Gasteiger partial charge in [0.2, 0.25) is 17.6 Å². The third-order valence-corrected chi connectivity index (χ3v) is 5.21. The molecule has 3 aromatic rings. The van der Waals surface area contributed by atoms with Crippen LogP contribution in [-0.2, 0) is 4.79 Å². The van der Waals surface area contributed by atoms with Crippen LogP contribution in [0, 0.1) is 26.6 Å². The number of carbonyl (C=O) groups is 1. The Kier molecular flexibility index (Phi) is 4.26. The molecule has 1 aliphatic heterocycles. The Labute approximate surface area is 156 Å². The van der Waals surface area contributed by atoms with Gasteiger partial charge in [0.25, 0.3) is 0 Å². The molecule has 27 heavy (non-hydrogen) atoms. The number of hydrogen-bond donors (Lipinski definition) is 0. The van der Waals surface area contributed by atoms with E-state index in [2.05, 4.69) is 10.1 Å². The lowest BCUT2D eigenvalue weighted by Crippen LogP contribution is -2.25. The summed E-state index contributed by atoms with van der Waals surface area (Å²) in [5.74, 6) is 0.361. The Bertz CT molecular complexity index is 1030. The monoisotopic (exact) mass is 365 g/mol. The smallest absolute Gasteiger partial charge is 0.232 e. The molecular weight excluding hydrogens is 345 g/mol. The van der Waals surface area contributed by atoms with E-state index < -0.39 is 0 Å². The van der Waals surface area contributed by atoms with Crippen molar-refractivity contribution in [3.05, 3.63) is 64.8 Å². The molecule has 1 saturated heterocycles. The molecule has 0 saturated carbocycles. The van der Waals surface area contributed by atoms with E-state index in [1.807, 2.05) is 32.0 Å². The van der Waals surface area contributed by atoms with Crippen molar-refractivity contribution < 1.29 is 13.7 Å². The molecular formula is C21H20FN3O2. The van der Waals surface area contributed by atoms with Crippen molar-refractivity contribution in [1.82, 2.24) is 10.1 Å². The van der Waals surface area contributed by atoms with Crippen LogP contribution in [0.3, 0.4) is 0 Å². The van der Waals surface area contributed by atoms with E-state index in [-0.39, 0.29) is 24.1 Å². The molecule has 2 heterocycles. The van der Waals surface area contributed by atoms with Crippen LogP contribution in [0.4, 0.5) is 10.1 Å². The van der Waals surface area contributed by atoms with Gasteiger partial charge in [-0.15, -0.1) is 0 Å². The van der Waals surface area contributed by atoms with E-state index >= 15 is 0 Å². The molecule has 0 spiro atoms. The number of nitrogens with zero attached hydrogens (tertiary/aromatic N) is 3. The van der Waals surface area contributed by atoms with Gasteiger partial charge < -0.3 is 9.42 Å². The first-order valence-electron chi connectivity index (χ1n) is 8.90. The number of halogens is 1. The number of benzene rings is 2. The molecule has 4 rings (SSSR count). The molecule has 1 aromatic heterocycles. The zero-order valence-electron chi connectivity index (χ0n) is 15.5. The highest BCUT2D eigenvalue weighted by atomic mass is 19.1. The second kappa shape index (κ2) is 6.61. The third-order valence-electron chi connectivity index (χ3n) is 5.21. The Balaban J connectivity index is 1.59. The maximum absolute atomic E-state index is 13.9. The predicted octanol–water partition coefficient (Wildman–Crippen LogP) is 4.32. The highest BCUT2D eigenvalue weighted by Gasteiger charge is 2.36. The molecule has 1 aliphatic rings. The van der Waals surface area contributed by atoms with Crippen molar-refractivity contribution in [2.24, 2.45) is 0 Å². The number of aromatic nitrogens is 2. The van der Waals surface area contributed by atoms with Crippen LogP contribution in [0.25, 0.3) is 11.4 Å². The Morgan fingerprint density at radius 3 is 2.74 bits per heavy atom. The van der Waals surface area contributed by atoms with Crippen molar-refractivity contribution in [3.63, 3.8) is 0 Å². The van der Waals surface area contributed by atoms with Gasteiger partial charge in [0.15, 0.2) is 0 Å². The number of hydrogen-bond acceptors (Lipinski definition) is 4. The third kappa shape index (κ3) is 3.12. The maximum Gasteiger partial charge on any atom is 0.232 e. The van der Waals surface area contributed by atoms with Crippen LogP contribution in [0.15, 0.2) is 40.9 Å². The normalized spacial score (nSPS) is 17.0. The molecule has 6 heteroatoms. The Hall–Kier alpha value is -3.02. The van der Waals surface area contributed by atoms with Gasteiger partial charge in [0.05, 0.1) is 5.92 Å². The van der Waals surface area contributed by atoms with Gasteiger partial charge in [-0.1, -0.05) is 23.4 Å². The topological polar surface area (TPSA) is 59.2 Å². The van der Waals surface area contributed by atoms with Gasteiger partial charge in [-0.3, -0.25) is 4.79 Å². The van der Waals surface area contributed by atoms with Gasteiger partial charge in [-0.2, -0.15) is 4.98 Å². The van der Waals surface area contributed by atoms with Gasteiger partial charge in [0, 0.05) is 29.8 Å². The molecule has 5 nitrogen and oxygen atoms in total. The minimum atomic E-state index is -0.321. The SMILES string of the molecule is Cc1ccc(-c2noc(C3CC(=O)N(c4cccc(F)c4C)C3)n2)cc1C. The van der Waals surface area contributed by atoms with E-state index in [0.29, 0.717) is 29.5 Å². The Morgan fingerprint density at radius 1 is 1.15 bits per heavy atom. The predicted molar refractivity (Wildman–Crippen MR) is 100 cm³/mol. The number of carbonyl (C=O) groups excluding carboxylic acids is 1. The van der Waals surface area contributed by atoms with Crippen molar-refractivity contribution in [2.75, 3.05) is 11.4 Å².